The number of hydrogen-bond donors (Lipinski definition) is 0. The maximum Gasteiger partial charge on any atom is 0.245 e. The van der Waals surface area contributed by atoms with Crippen molar-refractivity contribution in [3.63, 3.8) is 0 Å². The first kappa shape index (κ1) is 10.7. The first-order chi connectivity index (χ1) is 7.00. The van der Waals surface area contributed by atoms with Crippen molar-refractivity contribution < 1.29 is 9.53 Å². The second kappa shape index (κ2) is 3.34. The van der Waals surface area contributed by atoms with E-state index in [2.05, 4.69) is 20.4 Å². The number of carbonyl (C=O) groups excluding carboxylic acids is 1. The van der Waals surface area contributed by atoms with Crippen LogP contribution in [0, 0.1) is 11.3 Å². The number of likely N-dealkylation sites (N-methyl/N-ethyl adjacent to an activating group) is 1. The molecule has 0 aromatic rings. The highest BCUT2D eigenvalue weighted by atomic mass is 16.5. The van der Waals surface area contributed by atoms with Crippen LogP contribution in [0.15, 0.2) is 12.7 Å². The van der Waals surface area contributed by atoms with Crippen LogP contribution in [0.1, 0.15) is 20.3 Å². The first-order valence-electron chi connectivity index (χ1n) is 5.51. The van der Waals surface area contributed by atoms with Crippen LogP contribution < -0.4 is 0 Å². The van der Waals surface area contributed by atoms with Gasteiger partial charge in [-0.3, -0.25) is 4.79 Å². The van der Waals surface area contributed by atoms with Gasteiger partial charge in [-0.2, -0.15) is 0 Å². The number of rotatable bonds is 2. The summed E-state index contributed by atoms with van der Waals surface area (Å²) >= 11 is 0. The van der Waals surface area contributed by atoms with Gasteiger partial charge in [0, 0.05) is 31.0 Å². The molecule has 15 heavy (non-hydrogen) atoms. The minimum absolute atomic E-state index is 0.0124. The molecule has 84 valence electrons. The largest absolute Gasteiger partial charge is 0.377 e. The van der Waals surface area contributed by atoms with E-state index in [1.165, 1.54) is 6.08 Å². The van der Waals surface area contributed by atoms with Crippen LogP contribution in [0.25, 0.3) is 0 Å². The standard InChI is InChI=1S/C12H19NO2/c1-5-9(14)13(4)10-8-6-7-15-11(8)12(10,2)3/h5,8,10-11H,1,6-7H2,2-4H3. The first-order valence-corrected chi connectivity index (χ1v) is 5.51. The number of ether oxygens (including phenoxy) is 1. The summed E-state index contributed by atoms with van der Waals surface area (Å²) < 4.78 is 5.70. The second-order valence-corrected chi connectivity index (χ2v) is 5.16. The summed E-state index contributed by atoms with van der Waals surface area (Å²) in [5.41, 5.74) is 0.0780. The molecule has 3 atom stereocenters. The maximum atomic E-state index is 11.6. The van der Waals surface area contributed by atoms with Gasteiger partial charge in [0.1, 0.15) is 0 Å². The van der Waals surface area contributed by atoms with E-state index < -0.39 is 0 Å². The molecule has 1 aliphatic carbocycles. The summed E-state index contributed by atoms with van der Waals surface area (Å²) in [6.45, 7) is 8.73. The average molecular weight is 209 g/mol. The smallest absolute Gasteiger partial charge is 0.245 e. The van der Waals surface area contributed by atoms with Crippen molar-refractivity contribution in [2.24, 2.45) is 11.3 Å². The van der Waals surface area contributed by atoms with Gasteiger partial charge in [0.2, 0.25) is 5.91 Å². The molecule has 1 saturated heterocycles. The SMILES string of the molecule is C=CC(=O)N(C)C1C2CCOC2C1(C)C. The van der Waals surface area contributed by atoms with Crippen molar-refractivity contribution in [1.82, 2.24) is 4.90 Å². The van der Waals surface area contributed by atoms with Gasteiger partial charge in [0.15, 0.2) is 0 Å². The summed E-state index contributed by atoms with van der Waals surface area (Å²) in [5.74, 6) is 0.535. The predicted octanol–water partition coefficient (Wildman–Crippen LogP) is 1.44. The summed E-state index contributed by atoms with van der Waals surface area (Å²) in [5, 5.41) is 0. The Morgan fingerprint density at radius 1 is 1.60 bits per heavy atom. The van der Waals surface area contributed by atoms with Gasteiger partial charge >= 0.3 is 0 Å². The van der Waals surface area contributed by atoms with E-state index in [-0.39, 0.29) is 11.3 Å². The van der Waals surface area contributed by atoms with Crippen molar-refractivity contribution >= 4 is 5.91 Å². The number of amides is 1. The molecule has 0 N–H and O–H groups in total. The van der Waals surface area contributed by atoms with Gasteiger partial charge in [-0.15, -0.1) is 0 Å². The molecule has 0 spiro atoms. The van der Waals surface area contributed by atoms with Crippen LogP contribution in [0.4, 0.5) is 0 Å². The molecule has 1 amide bonds. The number of hydrogen-bond acceptors (Lipinski definition) is 2. The van der Waals surface area contributed by atoms with Crippen molar-refractivity contribution in [1.29, 1.82) is 0 Å². The van der Waals surface area contributed by atoms with Crippen molar-refractivity contribution in [2.45, 2.75) is 32.4 Å². The van der Waals surface area contributed by atoms with Gasteiger partial charge < -0.3 is 9.64 Å². The van der Waals surface area contributed by atoms with E-state index in [1.807, 2.05) is 11.9 Å². The third kappa shape index (κ3) is 1.33. The molecule has 3 unspecified atom stereocenters. The molecule has 0 radical (unpaired) electrons. The van der Waals surface area contributed by atoms with Crippen LogP contribution in [0.3, 0.4) is 0 Å². The van der Waals surface area contributed by atoms with Crippen LogP contribution in [-0.4, -0.2) is 36.6 Å². The molecule has 0 bridgehead atoms. The Kier molecular flexibility index (Phi) is 2.38. The van der Waals surface area contributed by atoms with Gasteiger partial charge in [-0.1, -0.05) is 20.4 Å². The third-order valence-electron chi connectivity index (χ3n) is 3.98. The lowest BCUT2D eigenvalue weighted by molar-refractivity contribution is -0.163. The fraction of sp³-hybridized carbons (Fsp3) is 0.750. The maximum absolute atomic E-state index is 11.6. The zero-order valence-electron chi connectivity index (χ0n) is 9.69. The van der Waals surface area contributed by atoms with E-state index in [4.69, 9.17) is 4.74 Å². The van der Waals surface area contributed by atoms with E-state index in [9.17, 15) is 4.79 Å². The number of carbonyl (C=O) groups is 1. The molecular formula is C12H19NO2. The lowest BCUT2D eigenvalue weighted by atomic mass is 9.57. The summed E-state index contributed by atoms with van der Waals surface area (Å²) in [4.78, 5) is 13.4. The Morgan fingerprint density at radius 3 is 2.87 bits per heavy atom. The summed E-state index contributed by atoms with van der Waals surface area (Å²) in [6.07, 6.45) is 2.80. The molecule has 1 heterocycles. The molecule has 3 nitrogen and oxygen atoms in total. The Balaban J connectivity index is 2.15. The molecule has 2 fully saturated rings. The molecule has 2 rings (SSSR count). The quantitative estimate of drug-likeness (QED) is 0.644. The second-order valence-electron chi connectivity index (χ2n) is 5.16. The normalized spacial score (nSPS) is 36.6. The zero-order valence-corrected chi connectivity index (χ0v) is 9.69. The molecule has 1 saturated carbocycles. The molecular weight excluding hydrogens is 190 g/mol. The van der Waals surface area contributed by atoms with Crippen LogP contribution >= 0.6 is 0 Å². The Morgan fingerprint density at radius 2 is 2.27 bits per heavy atom. The van der Waals surface area contributed by atoms with E-state index in [1.54, 1.807) is 0 Å². The van der Waals surface area contributed by atoms with Gasteiger partial charge in [0.05, 0.1) is 6.10 Å². The average Bonchev–Trinajstić information content (AvgIpc) is 2.62. The number of nitrogens with zero attached hydrogens (tertiary/aromatic N) is 1. The predicted molar refractivity (Wildman–Crippen MR) is 58.4 cm³/mol. The third-order valence-corrected chi connectivity index (χ3v) is 3.98. The highest BCUT2D eigenvalue weighted by Crippen LogP contribution is 2.54. The van der Waals surface area contributed by atoms with Crippen LogP contribution in [0.5, 0.6) is 0 Å². The highest BCUT2D eigenvalue weighted by Gasteiger charge is 2.61. The highest BCUT2D eigenvalue weighted by molar-refractivity contribution is 5.87. The Labute approximate surface area is 91.1 Å². The van der Waals surface area contributed by atoms with E-state index >= 15 is 0 Å². The Hall–Kier alpha value is -0.830. The van der Waals surface area contributed by atoms with Gasteiger partial charge in [-0.05, 0) is 12.5 Å². The molecule has 2 aliphatic rings. The molecule has 0 aromatic heterocycles. The monoisotopic (exact) mass is 209 g/mol. The topological polar surface area (TPSA) is 29.5 Å². The Bertz CT molecular complexity index is 298. The van der Waals surface area contributed by atoms with Gasteiger partial charge in [-0.25, -0.2) is 0 Å². The zero-order chi connectivity index (χ0) is 11.2. The van der Waals surface area contributed by atoms with Crippen LogP contribution in [-0.2, 0) is 9.53 Å². The van der Waals surface area contributed by atoms with E-state index in [0.29, 0.717) is 18.1 Å². The molecule has 3 heteroatoms. The molecule has 0 aromatic carbocycles. The van der Waals surface area contributed by atoms with Crippen LogP contribution in [0.2, 0.25) is 0 Å². The van der Waals surface area contributed by atoms with Gasteiger partial charge in [0.25, 0.3) is 0 Å². The van der Waals surface area contributed by atoms with Crippen molar-refractivity contribution in [3.05, 3.63) is 12.7 Å². The lowest BCUT2D eigenvalue weighted by Crippen LogP contribution is -2.66. The molecule has 1 aliphatic heterocycles. The minimum atomic E-state index is 0.0124. The fourth-order valence-corrected chi connectivity index (χ4v) is 3.36. The number of fused-ring (bicyclic) bond motifs is 1. The minimum Gasteiger partial charge on any atom is -0.377 e. The fourth-order valence-electron chi connectivity index (χ4n) is 3.36. The van der Waals surface area contributed by atoms with E-state index in [0.717, 1.165) is 13.0 Å². The van der Waals surface area contributed by atoms with Crippen molar-refractivity contribution in [3.8, 4) is 0 Å². The lowest BCUT2D eigenvalue weighted by Gasteiger charge is -2.57. The van der Waals surface area contributed by atoms with Crippen molar-refractivity contribution in [2.75, 3.05) is 13.7 Å². The summed E-state index contributed by atoms with van der Waals surface area (Å²) in [7, 11) is 1.87. The summed E-state index contributed by atoms with van der Waals surface area (Å²) in [6, 6.07) is 0.301.